The van der Waals surface area contributed by atoms with E-state index in [-0.39, 0.29) is 25.6 Å². The van der Waals surface area contributed by atoms with E-state index in [0.717, 1.165) is 22.3 Å². The minimum Gasteiger partial charge on any atom is -0.479 e. The Kier molecular flexibility index (Phi) is 4.13. The molecule has 2 aromatic carbocycles. The molecule has 1 amide bonds. The van der Waals surface area contributed by atoms with Crippen LogP contribution in [0.15, 0.2) is 48.5 Å². The maximum Gasteiger partial charge on any atom is 0.409 e. The largest absolute Gasteiger partial charge is 0.479 e. The van der Waals surface area contributed by atoms with E-state index in [1.165, 1.54) is 4.90 Å². The van der Waals surface area contributed by atoms with Crippen molar-refractivity contribution in [2.24, 2.45) is 0 Å². The first-order chi connectivity index (χ1) is 12.9. The lowest BCUT2D eigenvalue weighted by molar-refractivity contribution is -0.184. The third kappa shape index (κ3) is 2.85. The molecule has 2 aromatic rings. The smallest absolute Gasteiger partial charge is 0.409 e. The number of aliphatic hydroxyl groups is 2. The number of carboxylic acids is 1. The SMILES string of the molecule is O=C(O)C(O)C1(O)CN(C(=O)OCC2c3ccccc3-c3ccccc32)C1. The molecular weight excluding hydrogens is 350 g/mol. The lowest BCUT2D eigenvalue weighted by Crippen LogP contribution is -2.70. The summed E-state index contributed by atoms with van der Waals surface area (Å²) in [4.78, 5) is 24.2. The number of aliphatic carboxylic acids is 1. The summed E-state index contributed by atoms with van der Waals surface area (Å²) in [6.07, 6.45) is -2.57. The fraction of sp³-hybridized carbons (Fsp3) is 0.300. The number of β-amino-alcohol motifs (C(OH)–C–C–N with tert-alkyl or cyclic N) is 1. The molecule has 1 fully saturated rings. The first-order valence-corrected chi connectivity index (χ1v) is 8.64. The second kappa shape index (κ2) is 6.37. The van der Waals surface area contributed by atoms with Crippen molar-refractivity contribution in [1.82, 2.24) is 4.90 Å². The quantitative estimate of drug-likeness (QED) is 0.753. The zero-order valence-corrected chi connectivity index (χ0v) is 14.4. The third-order valence-corrected chi connectivity index (χ3v) is 5.27. The van der Waals surface area contributed by atoms with Gasteiger partial charge in [-0.15, -0.1) is 0 Å². The van der Waals surface area contributed by atoms with Crippen molar-refractivity contribution in [3.8, 4) is 11.1 Å². The number of benzene rings is 2. The third-order valence-electron chi connectivity index (χ3n) is 5.27. The van der Waals surface area contributed by atoms with Crippen LogP contribution in [0, 0.1) is 0 Å². The number of hydrogen-bond donors (Lipinski definition) is 3. The van der Waals surface area contributed by atoms with Crippen molar-refractivity contribution in [3.05, 3.63) is 59.7 Å². The molecule has 140 valence electrons. The molecule has 2 aliphatic rings. The van der Waals surface area contributed by atoms with Crippen LogP contribution in [-0.2, 0) is 9.53 Å². The number of amides is 1. The van der Waals surface area contributed by atoms with E-state index in [4.69, 9.17) is 9.84 Å². The minimum atomic E-state index is -1.94. The predicted molar refractivity (Wildman–Crippen MR) is 95.2 cm³/mol. The Bertz CT molecular complexity index is 859. The molecule has 0 bridgehead atoms. The first kappa shape index (κ1) is 17.5. The minimum absolute atomic E-state index is 0.0777. The molecule has 7 heteroatoms. The van der Waals surface area contributed by atoms with E-state index < -0.39 is 23.8 Å². The van der Waals surface area contributed by atoms with Gasteiger partial charge in [0.2, 0.25) is 0 Å². The molecule has 7 nitrogen and oxygen atoms in total. The lowest BCUT2D eigenvalue weighted by atomic mass is 9.88. The molecule has 0 radical (unpaired) electrons. The van der Waals surface area contributed by atoms with Crippen LogP contribution in [0.4, 0.5) is 4.79 Å². The summed E-state index contributed by atoms with van der Waals surface area (Å²) in [6, 6.07) is 15.9. The van der Waals surface area contributed by atoms with Crippen LogP contribution in [0.2, 0.25) is 0 Å². The van der Waals surface area contributed by atoms with Gasteiger partial charge in [-0.25, -0.2) is 9.59 Å². The summed E-state index contributed by atoms with van der Waals surface area (Å²) in [7, 11) is 0. The van der Waals surface area contributed by atoms with Crippen LogP contribution in [0.5, 0.6) is 0 Å². The van der Waals surface area contributed by atoms with E-state index in [1.54, 1.807) is 0 Å². The number of carbonyl (C=O) groups excluding carboxylic acids is 1. The van der Waals surface area contributed by atoms with E-state index in [2.05, 4.69) is 0 Å². The Morgan fingerprint density at radius 3 is 2.11 bits per heavy atom. The Labute approximate surface area is 155 Å². The zero-order chi connectivity index (χ0) is 19.2. The molecule has 3 N–H and O–H groups in total. The van der Waals surface area contributed by atoms with Crippen LogP contribution < -0.4 is 0 Å². The van der Waals surface area contributed by atoms with Crippen molar-refractivity contribution >= 4 is 12.1 Å². The van der Waals surface area contributed by atoms with Gasteiger partial charge in [0, 0.05) is 5.92 Å². The molecule has 0 spiro atoms. The van der Waals surface area contributed by atoms with Gasteiger partial charge in [0.25, 0.3) is 0 Å². The number of hydrogen-bond acceptors (Lipinski definition) is 5. The number of ether oxygens (including phenoxy) is 1. The van der Waals surface area contributed by atoms with Gasteiger partial charge in [0.1, 0.15) is 12.2 Å². The molecular formula is C20H19NO6. The summed E-state index contributed by atoms with van der Waals surface area (Å²) in [5.74, 6) is -1.60. The fourth-order valence-corrected chi connectivity index (χ4v) is 3.83. The number of aliphatic hydroxyl groups excluding tert-OH is 1. The highest BCUT2D eigenvalue weighted by atomic mass is 16.6. The molecule has 1 unspecified atom stereocenters. The number of likely N-dealkylation sites (tertiary alicyclic amines) is 1. The van der Waals surface area contributed by atoms with Crippen LogP contribution in [0.25, 0.3) is 11.1 Å². The van der Waals surface area contributed by atoms with Crippen molar-refractivity contribution in [3.63, 3.8) is 0 Å². The van der Waals surface area contributed by atoms with Gasteiger partial charge in [-0.3, -0.25) is 0 Å². The molecule has 1 atom stereocenters. The van der Waals surface area contributed by atoms with E-state index in [1.807, 2.05) is 48.5 Å². The molecule has 1 aliphatic carbocycles. The normalized spacial score (nSPS) is 18.2. The predicted octanol–water partition coefficient (Wildman–Crippen LogP) is 1.43. The van der Waals surface area contributed by atoms with Gasteiger partial charge >= 0.3 is 12.1 Å². The van der Waals surface area contributed by atoms with Gasteiger partial charge in [0.15, 0.2) is 6.10 Å². The van der Waals surface area contributed by atoms with Crippen LogP contribution in [0.1, 0.15) is 17.0 Å². The molecule has 0 aromatic heterocycles. The van der Waals surface area contributed by atoms with Crippen molar-refractivity contribution in [2.45, 2.75) is 17.6 Å². The van der Waals surface area contributed by atoms with E-state index in [0.29, 0.717) is 0 Å². The molecule has 4 rings (SSSR count). The maximum atomic E-state index is 12.2. The van der Waals surface area contributed by atoms with Gasteiger partial charge in [0.05, 0.1) is 13.1 Å². The molecule has 1 aliphatic heterocycles. The number of nitrogens with zero attached hydrogens (tertiary/aromatic N) is 1. The Hall–Kier alpha value is -2.90. The van der Waals surface area contributed by atoms with E-state index in [9.17, 15) is 19.8 Å². The van der Waals surface area contributed by atoms with Crippen molar-refractivity contribution in [2.75, 3.05) is 19.7 Å². The first-order valence-electron chi connectivity index (χ1n) is 8.64. The van der Waals surface area contributed by atoms with Gasteiger partial charge < -0.3 is 25.0 Å². The van der Waals surface area contributed by atoms with Crippen LogP contribution >= 0.6 is 0 Å². The molecule has 1 saturated heterocycles. The topological polar surface area (TPSA) is 107 Å². The van der Waals surface area contributed by atoms with Crippen LogP contribution in [0.3, 0.4) is 0 Å². The number of rotatable bonds is 4. The van der Waals surface area contributed by atoms with Gasteiger partial charge in [-0.05, 0) is 22.3 Å². The maximum absolute atomic E-state index is 12.2. The van der Waals surface area contributed by atoms with Gasteiger partial charge in [-0.2, -0.15) is 0 Å². The summed E-state index contributed by atoms with van der Waals surface area (Å²) in [5, 5.41) is 28.3. The second-order valence-corrected chi connectivity index (χ2v) is 7.00. The molecule has 0 saturated carbocycles. The highest BCUT2D eigenvalue weighted by molar-refractivity contribution is 5.79. The monoisotopic (exact) mass is 369 g/mol. The number of fused-ring (bicyclic) bond motifs is 3. The summed E-state index contributed by atoms with van der Waals surface area (Å²) in [5.41, 5.74) is 2.59. The van der Waals surface area contributed by atoms with Crippen molar-refractivity contribution in [1.29, 1.82) is 0 Å². The molecule has 1 heterocycles. The van der Waals surface area contributed by atoms with Crippen LogP contribution in [-0.4, -0.2) is 63.7 Å². The van der Waals surface area contributed by atoms with E-state index >= 15 is 0 Å². The van der Waals surface area contributed by atoms with Crippen molar-refractivity contribution < 1.29 is 29.6 Å². The Morgan fingerprint density at radius 2 is 1.59 bits per heavy atom. The highest BCUT2D eigenvalue weighted by Crippen LogP contribution is 2.44. The molecule has 27 heavy (non-hydrogen) atoms. The standard InChI is InChI=1S/C20H19NO6/c22-17(18(23)24)20(26)10-21(11-20)19(25)27-9-16-14-7-3-1-5-12(14)13-6-2-4-8-15(13)16/h1-8,16-17,22,26H,9-11H2,(H,23,24). The summed E-state index contributed by atoms with van der Waals surface area (Å²) >= 11 is 0. The number of carbonyl (C=O) groups is 2. The zero-order valence-electron chi connectivity index (χ0n) is 14.4. The second-order valence-electron chi connectivity index (χ2n) is 7.00. The summed E-state index contributed by atoms with van der Waals surface area (Å²) < 4.78 is 5.42. The highest BCUT2D eigenvalue weighted by Gasteiger charge is 2.52. The number of carboxylic acid groups (broad SMARTS) is 1. The average Bonchev–Trinajstić information content (AvgIpc) is 2.97. The Morgan fingerprint density at radius 1 is 1.07 bits per heavy atom. The summed E-state index contributed by atoms with van der Waals surface area (Å²) in [6.45, 7) is -0.419. The fourth-order valence-electron chi connectivity index (χ4n) is 3.83. The van der Waals surface area contributed by atoms with Gasteiger partial charge in [-0.1, -0.05) is 48.5 Å². The lowest BCUT2D eigenvalue weighted by Gasteiger charge is -2.46. The Balaban J connectivity index is 1.43. The average molecular weight is 369 g/mol.